The van der Waals surface area contributed by atoms with E-state index in [0.717, 1.165) is 36.1 Å². The number of hydrogen-bond acceptors (Lipinski definition) is 3. The lowest BCUT2D eigenvalue weighted by atomic mass is 10.1. The molecule has 0 bridgehead atoms. The van der Waals surface area contributed by atoms with Crippen LogP contribution in [0.25, 0.3) is 11.0 Å². The Balaban J connectivity index is 2.12. The van der Waals surface area contributed by atoms with Crippen molar-refractivity contribution in [3.8, 4) is 6.07 Å². The van der Waals surface area contributed by atoms with Crippen LogP contribution < -0.4 is 0 Å². The van der Waals surface area contributed by atoms with Gasteiger partial charge >= 0.3 is 0 Å². The molecule has 0 unspecified atom stereocenters. The average Bonchev–Trinajstić information content (AvgIpc) is 2.87. The minimum atomic E-state index is 0.540. The van der Waals surface area contributed by atoms with Crippen molar-refractivity contribution in [3.63, 3.8) is 0 Å². The highest BCUT2D eigenvalue weighted by Gasteiger charge is 2.17. The summed E-state index contributed by atoms with van der Waals surface area (Å²) in [5.74, 6) is 0. The zero-order valence-electron chi connectivity index (χ0n) is 12.3. The van der Waals surface area contributed by atoms with Gasteiger partial charge in [-0.3, -0.25) is 0 Å². The summed E-state index contributed by atoms with van der Waals surface area (Å²) >= 11 is 5.38. The van der Waals surface area contributed by atoms with Crippen LogP contribution in [0.5, 0.6) is 0 Å². The maximum Gasteiger partial charge on any atom is 0.153 e. The molecule has 1 N–H and O–H groups in total. The van der Waals surface area contributed by atoms with Gasteiger partial charge < -0.3 is 9.55 Å². The predicted octanol–water partition coefficient (Wildman–Crippen LogP) is 3.77. The summed E-state index contributed by atoms with van der Waals surface area (Å²) in [7, 11) is 0. The first kappa shape index (κ1) is 14.5. The van der Waals surface area contributed by atoms with E-state index < -0.39 is 0 Å². The molecule has 0 atom stereocenters. The van der Waals surface area contributed by atoms with Crippen LogP contribution in [0.1, 0.15) is 23.7 Å². The Morgan fingerprint density at radius 3 is 2.77 bits per heavy atom. The zero-order valence-corrected chi connectivity index (χ0v) is 13.2. The minimum Gasteiger partial charge on any atom is -0.343 e. The van der Waals surface area contributed by atoms with Crippen molar-refractivity contribution >= 4 is 23.3 Å². The monoisotopic (exact) mass is 308 g/mol. The van der Waals surface area contributed by atoms with Crippen LogP contribution in [-0.4, -0.2) is 14.5 Å². The highest BCUT2D eigenvalue weighted by Crippen LogP contribution is 2.25. The van der Waals surface area contributed by atoms with Crippen molar-refractivity contribution in [2.75, 3.05) is 0 Å². The van der Waals surface area contributed by atoms with E-state index in [2.05, 4.69) is 39.7 Å². The van der Waals surface area contributed by atoms with Crippen molar-refractivity contribution in [2.45, 2.75) is 26.3 Å². The van der Waals surface area contributed by atoms with Crippen LogP contribution in [0.4, 0.5) is 0 Å². The van der Waals surface area contributed by atoms with Crippen molar-refractivity contribution < 1.29 is 0 Å². The van der Waals surface area contributed by atoms with Crippen molar-refractivity contribution in [3.05, 3.63) is 58.1 Å². The Kier molecular flexibility index (Phi) is 4.03. The second-order valence-electron chi connectivity index (χ2n) is 5.11. The molecule has 0 amide bonds. The topological polar surface area (TPSA) is 57.4 Å². The molecule has 4 nitrogen and oxygen atoms in total. The second kappa shape index (κ2) is 6.12. The molecule has 0 saturated carbocycles. The number of fused-ring (bicyclic) bond motifs is 1. The number of nitriles is 1. The summed E-state index contributed by atoms with van der Waals surface area (Å²) in [5.41, 5.74) is 4.63. The van der Waals surface area contributed by atoms with Gasteiger partial charge in [0, 0.05) is 12.2 Å². The van der Waals surface area contributed by atoms with E-state index in [1.807, 2.05) is 18.2 Å². The van der Waals surface area contributed by atoms with Gasteiger partial charge in [0.25, 0.3) is 0 Å². The maximum absolute atomic E-state index is 9.50. The third kappa shape index (κ3) is 2.42. The summed E-state index contributed by atoms with van der Waals surface area (Å²) in [6, 6.07) is 12.6. The fourth-order valence-corrected chi connectivity index (χ4v) is 3.13. The lowest BCUT2D eigenvalue weighted by Crippen LogP contribution is -2.06. The smallest absolute Gasteiger partial charge is 0.153 e. The largest absolute Gasteiger partial charge is 0.343 e. The molecular formula is C17H16N4S. The molecule has 2 aromatic heterocycles. The zero-order chi connectivity index (χ0) is 15.5. The van der Waals surface area contributed by atoms with E-state index in [9.17, 15) is 5.26 Å². The molecule has 0 spiro atoms. The second-order valence-corrected chi connectivity index (χ2v) is 5.49. The number of H-pyrrole nitrogens is 1. The van der Waals surface area contributed by atoms with Crippen LogP contribution in [-0.2, 0) is 19.4 Å². The summed E-state index contributed by atoms with van der Waals surface area (Å²) in [4.78, 5) is 7.26. The number of aryl methyl sites for hydroxylation is 2. The van der Waals surface area contributed by atoms with Gasteiger partial charge in [-0.1, -0.05) is 49.5 Å². The summed E-state index contributed by atoms with van der Waals surface area (Å²) < 4.78 is 2.69. The lowest BCUT2D eigenvalue weighted by molar-refractivity contribution is 0.685. The van der Waals surface area contributed by atoms with Gasteiger partial charge in [-0.05, 0) is 18.4 Å². The molecule has 0 aliphatic heterocycles. The first-order chi connectivity index (χ1) is 10.8. The van der Waals surface area contributed by atoms with Crippen LogP contribution in [0.15, 0.2) is 36.7 Å². The SMILES string of the molecule is CCc1c(C#N)c2[nH]cnc(=S)c2n1CCc1ccccc1. The highest BCUT2D eigenvalue weighted by molar-refractivity contribution is 7.71. The predicted molar refractivity (Wildman–Crippen MR) is 89.2 cm³/mol. The van der Waals surface area contributed by atoms with Gasteiger partial charge in [-0.15, -0.1) is 0 Å². The molecule has 2 heterocycles. The minimum absolute atomic E-state index is 0.540. The van der Waals surface area contributed by atoms with Gasteiger partial charge in [-0.25, -0.2) is 4.98 Å². The molecule has 0 radical (unpaired) electrons. The summed E-state index contributed by atoms with van der Waals surface area (Å²) in [5, 5.41) is 9.50. The Labute approximate surface area is 134 Å². The fraction of sp³-hybridized carbons (Fsp3) is 0.235. The van der Waals surface area contributed by atoms with Crippen LogP contribution in [0.2, 0.25) is 0 Å². The maximum atomic E-state index is 9.50. The lowest BCUT2D eigenvalue weighted by Gasteiger charge is -2.09. The third-order valence-corrected chi connectivity index (χ3v) is 4.18. The van der Waals surface area contributed by atoms with E-state index in [0.29, 0.717) is 10.2 Å². The molecule has 5 heteroatoms. The molecule has 0 aliphatic carbocycles. The van der Waals surface area contributed by atoms with Gasteiger partial charge in [0.15, 0.2) is 4.64 Å². The van der Waals surface area contributed by atoms with Crippen LogP contribution in [0.3, 0.4) is 0 Å². The molecule has 110 valence electrons. The molecule has 0 saturated heterocycles. The summed E-state index contributed by atoms with van der Waals surface area (Å²) in [6.07, 6.45) is 3.24. The molecule has 1 aromatic carbocycles. The quantitative estimate of drug-likeness (QED) is 0.746. The molecule has 3 aromatic rings. The number of nitrogens with zero attached hydrogens (tertiary/aromatic N) is 3. The van der Waals surface area contributed by atoms with Gasteiger partial charge in [0.2, 0.25) is 0 Å². The molecule has 22 heavy (non-hydrogen) atoms. The first-order valence-electron chi connectivity index (χ1n) is 7.29. The van der Waals surface area contributed by atoms with Crippen LogP contribution in [0, 0.1) is 16.0 Å². The van der Waals surface area contributed by atoms with E-state index >= 15 is 0 Å². The third-order valence-electron chi connectivity index (χ3n) is 3.88. The Morgan fingerprint density at radius 2 is 2.09 bits per heavy atom. The Hall–Kier alpha value is -2.45. The normalized spacial score (nSPS) is 10.7. The van der Waals surface area contributed by atoms with Crippen molar-refractivity contribution in [2.24, 2.45) is 0 Å². The number of hydrogen-bond donors (Lipinski definition) is 1. The number of nitrogens with one attached hydrogen (secondary N) is 1. The Bertz CT molecular complexity index is 900. The first-order valence-corrected chi connectivity index (χ1v) is 7.69. The van der Waals surface area contributed by atoms with E-state index in [1.54, 1.807) is 6.33 Å². The standard InChI is InChI=1S/C17H16N4S/c1-2-14-13(10-18)15-16(17(22)20-11-19-15)21(14)9-8-12-6-4-3-5-7-12/h3-7,11H,2,8-9H2,1H3,(H,19,20,22). The fourth-order valence-electron chi connectivity index (χ4n) is 2.87. The van der Waals surface area contributed by atoms with Gasteiger partial charge in [0.05, 0.1) is 17.4 Å². The molecule has 3 rings (SSSR count). The van der Waals surface area contributed by atoms with Gasteiger partial charge in [0.1, 0.15) is 11.6 Å². The van der Waals surface area contributed by atoms with E-state index in [1.165, 1.54) is 5.56 Å². The van der Waals surface area contributed by atoms with Gasteiger partial charge in [-0.2, -0.15) is 5.26 Å². The Morgan fingerprint density at radius 1 is 1.32 bits per heavy atom. The molecule has 0 fully saturated rings. The molecule has 0 aliphatic rings. The number of rotatable bonds is 4. The summed E-state index contributed by atoms with van der Waals surface area (Å²) in [6.45, 7) is 2.85. The highest BCUT2D eigenvalue weighted by atomic mass is 32.1. The van der Waals surface area contributed by atoms with E-state index in [4.69, 9.17) is 12.2 Å². The number of aromatic nitrogens is 3. The van der Waals surface area contributed by atoms with Crippen molar-refractivity contribution in [1.29, 1.82) is 5.26 Å². The van der Waals surface area contributed by atoms with Crippen molar-refractivity contribution in [1.82, 2.24) is 14.5 Å². The molecular weight excluding hydrogens is 292 g/mol. The van der Waals surface area contributed by atoms with Crippen LogP contribution >= 0.6 is 12.2 Å². The van der Waals surface area contributed by atoms with E-state index in [-0.39, 0.29) is 0 Å². The number of aromatic amines is 1. The average molecular weight is 308 g/mol. The number of benzene rings is 1.